The number of nitrogens with zero attached hydrogens (tertiary/aromatic N) is 2. The molecule has 0 bridgehead atoms. The summed E-state index contributed by atoms with van der Waals surface area (Å²) in [4.78, 5) is 4.41. The van der Waals surface area contributed by atoms with Crippen molar-refractivity contribution in [2.75, 3.05) is 5.32 Å². The number of rotatable bonds is 4. The zero-order valence-corrected chi connectivity index (χ0v) is 11.6. The van der Waals surface area contributed by atoms with Gasteiger partial charge in [0.25, 0.3) is 0 Å². The van der Waals surface area contributed by atoms with E-state index in [-0.39, 0.29) is 0 Å². The molecule has 19 heavy (non-hydrogen) atoms. The van der Waals surface area contributed by atoms with Gasteiger partial charge in [-0.1, -0.05) is 42.6 Å². The molecule has 0 unspecified atom stereocenters. The van der Waals surface area contributed by atoms with E-state index >= 15 is 0 Å². The Labute approximate surface area is 118 Å². The molecule has 0 radical (unpaired) electrons. The molecular weight excluding hydrogens is 258 g/mol. The van der Waals surface area contributed by atoms with Crippen LogP contribution in [0.15, 0.2) is 36.7 Å². The molecule has 1 heterocycles. The molecule has 1 aliphatic rings. The maximum atomic E-state index is 6.21. The Kier molecular flexibility index (Phi) is 3.74. The Hall–Kier alpha value is -1.48. The summed E-state index contributed by atoms with van der Waals surface area (Å²) in [5, 5.41) is 4.35. The number of hydrogen-bond acceptors (Lipinski definition) is 2. The summed E-state index contributed by atoms with van der Waals surface area (Å²) in [6, 6.07) is 8.53. The van der Waals surface area contributed by atoms with Gasteiger partial charge in [-0.15, -0.1) is 0 Å². The summed E-state index contributed by atoms with van der Waals surface area (Å²) in [7, 11) is 0. The second-order valence-corrected chi connectivity index (χ2v) is 5.50. The van der Waals surface area contributed by atoms with E-state index in [2.05, 4.69) is 20.9 Å². The number of hydrogen-bond donors (Lipinski definition) is 1. The number of aromatic nitrogens is 2. The van der Waals surface area contributed by atoms with Gasteiger partial charge in [-0.25, -0.2) is 4.98 Å². The van der Waals surface area contributed by atoms with Crippen LogP contribution in [0.1, 0.15) is 31.2 Å². The highest BCUT2D eigenvalue weighted by atomic mass is 35.5. The minimum Gasteiger partial charge on any atom is -0.353 e. The van der Waals surface area contributed by atoms with Gasteiger partial charge in [0.05, 0.1) is 6.54 Å². The Balaban J connectivity index is 1.74. The number of nitrogens with one attached hydrogen (secondary N) is 1. The van der Waals surface area contributed by atoms with Crippen molar-refractivity contribution in [3.8, 4) is 0 Å². The molecule has 2 aromatic rings. The normalized spacial score (nSPS) is 15.8. The molecule has 1 aromatic carbocycles. The van der Waals surface area contributed by atoms with E-state index in [0.29, 0.717) is 6.04 Å². The molecule has 1 aliphatic carbocycles. The lowest BCUT2D eigenvalue weighted by Crippen LogP contribution is -2.18. The average molecular weight is 276 g/mol. The molecule has 3 nitrogen and oxygen atoms in total. The second kappa shape index (κ2) is 5.66. The van der Waals surface area contributed by atoms with Crippen LogP contribution in [0.4, 0.5) is 5.95 Å². The summed E-state index contributed by atoms with van der Waals surface area (Å²) in [6.45, 7) is 0.759. The summed E-state index contributed by atoms with van der Waals surface area (Å²) in [6.07, 6.45) is 8.98. The number of anilines is 1. The standard InChI is InChI=1S/C15H18ClN3/c16-14-8-4-1-5-12(14)11-19-10-9-17-15(19)18-13-6-2-3-7-13/h1,4-5,8-10,13H,2-3,6-7,11H2,(H,17,18). The van der Waals surface area contributed by atoms with E-state index in [1.807, 2.05) is 30.6 Å². The van der Waals surface area contributed by atoms with Crippen molar-refractivity contribution in [1.29, 1.82) is 0 Å². The first-order valence-electron chi connectivity index (χ1n) is 6.84. The predicted octanol–water partition coefficient (Wildman–Crippen LogP) is 3.94. The zero-order chi connectivity index (χ0) is 13.1. The predicted molar refractivity (Wildman–Crippen MR) is 78.7 cm³/mol. The van der Waals surface area contributed by atoms with Crippen LogP contribution in [0.3, 0.4) is 0 Å². The minimum absolute atomic E-state index is 0.576. The van der Waals surface area contributed by atoms with Crippen molar-refractivity contribution in [3.05, 3.63) is 47.2 Å². The summed E-state index contributed by atoms with van der Waals surface area (Å²) in [5.74, 6) is 0.951. The van der Waals surface area contributed by atoms with Crippen molar-refractivity contribution in [1.82, 2.24) is 9.55 Å². The number of benzene rings is 1. The van der Waals surface area contributed by atoms with Crippen molar-refractivity contribution in [2.24, 2.45) is 0 Å². The van der Waals surface area contributed by atoms with E-state index < -0.39 is 0 Å². The minimum atomic E-state index is 0.576. The van der Waals surface area contributed by atoms with Gasteiger partial charge in [-0.3, -0.25) is 0 Å². The fourth-order valence-electron chi connectivity index (χ4n) is 2.64. The maximum absolute atomic E-state index is 6.21. The van der Waals surface area contributed by atoms with Gasteiger partial charge >= 0.3 is 0 Å². The van der Waals surface area contributed by atoms with E-state index in [1.165, 1.54) is 25.7 Å². The molecule has 0 aliphatic heterocycles. The molecule has 0 spiro atoms. The molecule has 3 rings (SSSR count). The van der Waals surface area contributed by atoms with Gasteiger partial charge in [0.15, 0.2) is 0 Å². The third kappa shape index (κ3) is 2.92. The molecule has 1 fully saturated rings. The van der Waals surface area contributed by atoms with Crippen LogP contribution < -0.4 is 5.32 Å². The molecular formula is C15H18ClN3. The molecule has 0 atom stereocenters. The Bertz CT molecular complexity index is 544. The van der Waals surface area contributed by atoms with Crippen molar-refractivity contribution in [2.45, 2.75) is 38.3 Å². The SMILES string of the molecule is Clc1ccccc1Cn1ccnc1NC1CCCC1. The highest BCUT2D eigenvalue weighted by molar-refractivity contribution is 6.31. The lowest BCUT2D eigenvalue weighted by Gasteiger charge is -2.15. The second-order valence-electron chi connectivity index (χ2n) is 5.10. The van der Waals surface area contributed by atoms with Crippen LogP contribution in [0.5, 0.6) is 0 Å². The third-order valence-corrected chi connectivity index (χ3v) is 4.07. The first-order valence-corrected chi connectivity index (χ1v) is 7.22. The van der Waals surface area contributed by atoms with Crippen molar-refractivity contribution >= 4 is 17.5 Å². The van der Waals surface area contributed by atoms with Crippen molar-refractivity contribution in [3.63, 3.8) is 0 Å². The smallest absolute Gasteiger partial charge is 0.203 e. The van der Waals surface area contributed by atoms with E-state index in [0.717, 1.165) is 23.1 Å². The van der Waals surface area contributed by atoms with Gasteiger partial charge in [0.1, 0.15) is 0 Å². The lowest BCUT2D eigenvalue weighted by molar-refractivity contribution is 0.716. The molecule has 100 valence electrons. The first-order chi connectivity index (χ1) is 9.33. The number of imidazole rings is 1. The monoisotopic (exact) mass is 275 g/mol. The highest BCUT2D eigenvalue weighted by Crippen LogP contribution is 2.23. The molecule has 1 N–H and O–H groups in total. The van der Waals surface area contributed by atoms with Gasteiger partial charge < -0.3 is 9.88 Å². The van der Waals surface area contributed by atoms with Gasteiger partial charge in [-0.2, -0.15) is 0 Å². The van der Waals surface area contributed by atoms with Crippen LogP contribution in [0, 0.1) is 0 Å². The lowest BCUT2D eigenvalue weighted by atomic mass is 10.2. The van der Waals surface area contributed by atoms with E-state index in [1.54, 1.807) is 0 Å². The van der Waals surface area contributed by atoms with Crippen molar-refractivity contribution < 1.29 is 0 Å². The quantitative estimate of drug-likeness (QED) is 0.916. The topological polar surface area (TPSA) is 29.9 Å². The third-order valence-electron chi connectivity index (χ3n) is 3.70. The van der Waals surface area contributed by atoms with Crippen LogP contribution in [0.2, 0.25) is 5.02 Å². The Morgan fingerprint density at radius 3 is 2.84 bits per heavy atom. The fraction of sp³-hybridized carbons (Fsp3) is 0.400. The van der Waals surface area contributed by atoms with E-state index in [9.17, 15) is 0 Å². The molecule has 1 aromatic heterocycles. The zero-order valence-electron chi connectivity index (χ0n) is 10.8. The number of halogens is 1. The fourth-order valence-corrected chi connectivity index (χ4v) is 2.84. The average Bonchev–Trinajstić information content (AvgIpc) is 3.06. The largest absolute Gasteiger partial charge is 0.353 e. The Morgan fingerprint density at radius 1 is 1.26 bits per heavy atom. The maximum Gasteiger partial charge on any atom is 0.203 e. The van der Waals surface area contributed by atoms with Gasteiger partial charge in [0.2, 0.25) is 5.95 Å². The van der Waals surface area contributed by atoms with Crippen LogP contribution in [-0.2, 0) is 6.54 Å². The van der Waals surface area contributed by atoms with Crippen LogP contribution >= 0.6 is 11.6 Å². The molecule has 0 amide bonds. The summed E-state index contributed by atoms with van der Waals surface area (Å²) >= 11 is 6.21. The van der Waals surface area contributed by atoms with E-state index in [4.69, 9.17) is 11.6 Å². The molecule has 1 saturated carbocycles. The first kappa shape index (κ1) is 12.5. The summed E-state index contributed by atoms with van der Waals surface area (Å²) < 4.78 is 2.12. The van der Waals surface area contributed by atoms with Gasteiger partial charge in [-0.05, 0) is 24.5 Å². The molecule has 0 saturated heterocycles. The molecule has 4 heteroatoms. The Morgan fingerprint density at radius 2 is 2.05 bits per heavy atom. The summed E-state index contributed by atoms with van der Waals surface area (Å²) in [5.41, 5.74) is 1.12. The van der Waals surface area contributed by atoms with Gasteiger partial charge in [0, 0.05) is 23.5 Å². The van der Waals surface area contributed by atoms with Crippen LogP contribution in [0.25, 0.3) is 0 Å². The highest BCUT2D eigenvalue weighted by Gasteiger charge is 2.16. The van der Waals surface area contributed by atoms with Crippen LogP contribution in [-0.4, -0.2) is 15.6 Å².